The lowest BCUT2D eigenvalue weighted by Gasteiger charge is -2.36. The second kappa shape index (κ2) is 6.51. The largest absolute Gasteiger partial charge is 0.444 e. The van der Waals surface area contributed by atoms with Crippen LogP contribution < -0.4 is 5.32 Å². The molecule has 0 unspecified atom stereocenters. The van der Waals surface area contributed by atoms with Crippen molar-refractivity contribution in [3.63, 3.8) is 0 Å². The molecule has 0 bridgehead atoms. The second-order valence-electron chi connectivity index (χ2n) is 7.28. The third kappa shape index (κ3) is 5.23. The zero-order valence-electron chi connectivity index (χ0n) is 14.1. The minimum atomic E-state index is -3.27. The highest BCUT2D eigenvalue weighted by molar-refractivity contribution is 7.91. The van der Waals surface area contributed by atoms with Crippen LogP contribution in [0.1, 0.15) is 39.2 Å². The van der Waals surface area contributed by atoms with Gasteiger partial charge in [-0.05, 0) is 64.2 Å². The number of rotatable bonds is 4. The van der Waals surface area contributed by atoms with Crippen molar-refractivity contribution in [2.45, 2.75) is 57.1 Å². The number of hydrogen-bond donors (Lipinski definition) is 1. The Hall–Kier alpha value is -1.56. The minimum Gasteiger partial charge on any atom is -0.444 e. The lowest BCUT2D eigenvalue weighted by Crippen LogP contribution is -2.47. The summed E-state index contributed by atoms with van der Waals surface area (Å²) in [7, 11) is -3.27. The van der Waals surface area contributed by atoms with E-state index in [9.17, 15) is 13.2 Å². The van der Waals surface area contributed by atoms with Gasteiger partial charge in [0.25, 0.3) is 0 Å². The topological polar surface area (TPSA) is 72.5 Å². The van der Waals surface area contributed by atoms with E-state index in [1.807, 2.05) is 33.8 Å². The molecule has 1 aromatic rings. The van der Waals surface area contributed by atoms with Gasteiger partial charge in [0.2, 0.25) is 0 Å². The predicted octanol–water partition coefficient (Wildman–Crippen LogP) is 3.07. The summed E-state index contributed by atoms with van der Waals surface area (Å²) in [6.45, 7) is 7.31. The maximum atomic E-state index is 12.4. The number of aryl methyl sites for hydroxylation is 1. The number of carbonyl (C=O) groups excluding carboxylic acids is 1. The molecule has 128 valence electrons. The highest BCUT2D eigenvalue weighted by Crippen LogP contribution is 2.31. The number of amides is 1. The molecule has 1 saturated carbocycles. The maximum absolute atomic E-state index is 12.4. The number of hydrogen-bond acceptors (Lipinski definition) is 4. The first-order valence-corrected chi connectivity index (χ1v) is 9.49. The van der Waals surface area contributed by atoms with Gasteiger partial charge in [0, 0.05) is 6.04 Å². The van der Waals surface area contributed by atoms with E-state index in [4.69, 9.17) is 4.74 Å². The predicted molar refractivity (Wildman–Crippen MR) is 89.1 cm³/mol. The van der Waals surface area contributed by atoms with Crippen LogP contribution in [0.2, 0.25) is 0 Å². The molecule has 0 radical (unpaired) electrons. The van der Waals surface area contributed by atoms with Gasteiger partial charge in [-0.3, -0.25) is 0 Å². The van der Waals surface area contributed by atoms with E-state index in [2.05, 4.69) is 5.32 Å². The molecule has 6 heteroatoms. The van der Waals surface area contributed by atoms with Gasteiger partial charge in [-0.15, -0.1) is 0 Å². The summed E-state index contributed by atoms with van der Waals surface area (Å²) in [5.74, 6) is 0.212. The van der Waals surface area contributed by atoms with Crippen molar-refractivity contribution in [3.8, 4) is 0 Å². The van der Waals surface area contributed by atoms with Crippen LogP contribution in [0.25, 0.3) is 0 Å². The highest BCUT2D eigenvalue weighted by Gasteiger charge is 2.35. The highest BCUT2D eigenvalue weighted by atomic mass is 32.2. The second-order valence-corrected chi connectivity index (χ2v) is 9.31. The van der Waals surface area contributed by atoms with E-state index >= 15 is 0 Å². The van der Waals surface area contributed by atoms with E-state index in [1.54, 1.807) is 18.2 Å². The van der Waals surface area contributed by atoms with Gasteiger partial charge in [-0.2, -0.15) is 0 Å². The van der Waals surface area contributed by atoms with Gasteiger partial charge in [0.1, 0.15) is 5.60 Å². The quantitative estimate of drug-likeness (QED) is 0.915. The van der Waals surface area contributed by atoms with Crippen molar-refractivity contribution in [2.24, 2.45) is 5.92 Å². The molecule has 0 atom stereocenters. The molecule has 1 aromatic carbocycles. The fourth-order valence-electron chi connectivity index (χ4n) is 2.68. The molecule has 0 aliphatic heterocycles. The number of nitrogens with one attached hydrogen (secondary N) is 1. The first kappa shape index (κ1) is 17.8. The van der Waals surface area contributed by atoms with Crippen LogP contribution in [0.4, 0.5) is 4.79 Å². The lowest BCUT2D eigenvalue weighted by molar-refractivity contribution is 0.0459. The summed E-state index contributed by atoms with van der Waals surface area (Å²) in [5.41, 5.74) is 0.408. The standard InChI is InChI=1S/C17H25NO4S/c1-12-6-5-7-15(8-12)23(20,21)11-13-9-14(10-13)18-16(19)22-17(2,3)4/h5-8,13-14H,9-11H2,1-4H3,(H,18,19)/t13-,14-. The van der Waals surface area contributed by atoms with Crippen LogP contribution >= 0.6 is 0 Å². The summed E-state index contributed by atoms with van der Waals surface area (Å²) in [5, 5.41) is 2.78. The van der Waals surface area contributed by atoms with Crippen molar-refractivity contribution < 1.29 is 17.9 Å². The Bertz CT molecular complexity index is 670. The van der Waals surface area contributed by atoms with E-state index in [0.717, 1.165) is 5.56 Å². The molecule has 0 saturated heterocycles. The van der Waals surface area contributed by atoms with E-state index < -0.39 is 21.5 Å². The molecule has 1 aliphatic rings. The van der Waals surface area contributed by atoms with Crippen LogP contribution in [-0.2, 0) is 14.6 Å². The van der Waals surface area contributed by atoms with Crippen molar-refractivity contribution in [2.75, 3.05) is 5.75 Å². The van der Waals surface area contributed by atoms with Crippen LogP contribution in [0.3, 0.4) is 0 Å². The SMILES string of the molecule is Cc1cccc(S(=O)(=O)C[C@H]2C[C@H](NC(=O)OC(C)(C)C)C2)c1. The summed E-state index contributed by atoms with van der Waals surface area (Å²) in [6.07, 6.45) is 0.900. The van der Waals surface area contributed by atoms with Crippen molar-refractivity contribution >= 4 is 15.9 Å². The van der Waals surface area contributed by atoms with E-state index in [-0.39, 0.29) is 17.7 Å². The number of ether oxygens (including phenoxy) is 1. The number of benzene rings is 1. The molecule has 1 fully saturated rings. The Morgan fingerprint density at radius 3 is 2.52 bits per heavy atom. The van der Waals surface area contributed by atoms with E-state index in [0.29, 0.717) is 17.7 Å². The van der Waals surface area contributed by atoms with Crippen LogP contribution in [0.5, 0.6) is 0 Å². The Balaban J connectivity index is 1.83. The average molecular weight is 339 g/mol. The zero-order chi connectivity index (χ0) is 17.3. The molecule has 0 heterocycles. The normalized spacial score (nSPS) is 21.4. The van der Waals surface area contributed by atoms with Gasteiger partial charge in [-0.25, -0.2) is 13.2 Å². The van der Waals surface area contributed by atoms with Crippen molar-refractivity contribution in [1.82, 2.24) is 5.32 Å². The van der Waals surface area contributed by atoms with Crippen molar-refractivity contribution in [1.29, 1.82) is 0 Å². The monoisotopic (exact) mass is 339 g/mol. The Morgan fingerprint density at radius 1 is 1.30 bits per heavy atom. The molecular formula is C17H25NO4S. The Morgan fingerprint density at radius 2 is 1.96 bits per heavy atom. The van der Waals surface area contributed by atoms with Crippen molar-refractivity contribution in [3.05, 3.63) is 29.8 Å². The molecule has 0 aromatic heterocycles. The number of sulfone groups is 1. The lowest BCUT2D eigenvalue weighted by atomic mass is 9.82. The maximum Gasteiger partial charge on any atom is 0.407 e. The molecule has 1 N–H and O–H groups in total. The molecule has 23 heavy (non-hydrogen) atoms. The fraction of sp³-hybridized carbons (Fsp3) is 0.588. The molecule has 1 amide bonds. The fourth-order valence-corrected chi connectivity index (χ4v) is 4.42. The smallest absolute Gasteiger partial charge is 0.407 e. The third-order valence-electron chi connectivity index (χ3n) is 3.76. The third-order valence-corrected chi connectivity index (χ3v) is 5.64. The Kier molecular flexibility index (Phi) is 5.04. The Labute approximate surface area is 138 Å². The van der Waals surface area contributed by atoms with Crippen LogP contribution in [-0.4, -0.2) is 31.9 Å². The molecule has 5 nitrogen and oxygen atoms in total. The van der Waals surface area contributed by atoms with E-state index in [1.165, 1.54) is 0 Å². The van der Waals surface area contributed by atoms with Crippen LogP contribution in [0, 0.1) is 12.8 Å². The number of alkyl carbamates (subject to hydrolysis) is 1. The minimum absolute atomic E-state index is 0.00237. The summed E-state index contributed by atoms with van der Waals surface area (Å²) in [6, 6.07) is 6.98. The van der Waals surface area contributed by atoms with Crippen LogP contribution in [0.15, 0.2) is 29.2 Å². The summed E-state index contributed by atoms with van der Waals surface area (Å²) >= 11 is 0. The van der Waals surface area contributed by atoms with Gasteiger partial charge in [0.15, 0.2) is 9.84 Å². The summed E-state index contributed by atoms with van der Waals surface area (Å²) in [4.78, 5) is 12.0. The number of carbonyl (C=O) groups is 1. The molecule has 1 aliphatic carbocycles. The molecular weight excluding hydrogens is 314 g/mol. The van der Waals surface area contributed by atoms with Gasteiger partial charge >= 0.3 is 6.09 Å². The van der Waals surface area contributed by atoms with Gasteiger partial charge in [0.05, 0.1) is 10.6 Å². The average Bonchev–Trinajstić information content (AvgIpc) is 2.33. The molecule has 2 rings (SSSR count). The first-order chi connectivity index (χ1) is 10.5. The summed E-state index contributed by atoms with van der Waals surface area (Å²) < 4.78 is 30.0. The zero-order valence-corrected chi connectivity index (χ0v) is 14.9. The first-order valence-electron chi connectivity index (χ1n) is 7.84. The molecule has 0 spiro atoms. The van der Waals surface area contributed by atoms with Gasteiger partial charge < -0.3 is 10.1 Å². The van der Waals surface area contributed by atoms with Gasteiger partial charge in [-0.1, -0.05) is 12.1 Å².